The Morgan fingerprint density at radius 2 is 1.94 bits per heavy atom. The van der Waals surface area contributed by atoms with Crippen LogP contribution in [0, 0.1) is 12.7 Å². The molecule has 3 aromatic carbocycles. The molecule has 0 aliphatic carbocycles. The number of halogens is 2. The minimum Gasteiger partial charge on any atom is -0.489 e. The first-order valence-corrected chi connectivity index (χ1v) is 11.7. The standard InChI is InChI=1S/C25H18ClFN2O3S2/c1-15-5-10-20(21(26)11-15)23(30)28-29-24(31)22(34-25(29)33)13-17-3-2-4-19(12-17)32-14-16-6-8-18(27)9-7-16/h2-13H,14H2,1H3,(H,28,30)/b22-13+. The van der Waals surface area contributed by atoms with E-state index < -0.39 is 11.8 Å². The Balaban J connectivity index is 1.44. The van der Waals surface area contributed by atoms with Gasteiger partial charge in [0.05, 0.1) is 15.5 Å². The summed E-state index contributed by atoms with van der Waals surface area (Å²) in [6.45, 7) is 2.14. The molecule has 0 bridgehead atoms. The summed E-state index contributed by atoms with van der Waals surface area (Å²) >= 11 is 12.5. The van der Waals surface area contributed by atoms with Crippen molar-refractivity contribution in [2.45, 2.75) is 13.5 Å². The van der Waals surface area contributed by atoms with E-state index >= 15 is 0 Å². The van der Waals surface area contributed by atoms with Crippen LogP contribution in [0.3, 0.4) is 0 Å². The minimum atomic E-state index is -0.529. The average molecular weight is 513 g/mol. The number of ether oxygens (including phenoxy) is 1. The molecular formula is C25H18ClFN2O3S2. The van der Waals surface area contributed by atoms with Crippen LogP contribution in [0.1, 0.15) is 27.0 Å². The Kier molecular flexibility index (Phi) is 7.31. The SMILES string of the molecule is Cc1ccc(C(=O)NN2C(=O)/C(=C\c3cccc(OCc4ccc(F)cc4)c3)SC2=S)c(Cl)c1. The predicted octanol–water partition coefficient (Wildman–Crippen LogP) is 5.91. The van der Waals surface area contributed by atoms with E-state index in [2.05, 4.69) is 5.43 Å². The number of benzene rings is 3. The summed E-state index contributed by atoms with van der Waals surface area (Å²) in [5, 5.41) is 1.33. The van der Waals surface area contributed by atoms with Crippen molar-refractivity contribution in [1.82, 2.24) is 10.4 Å². The van der Waals surface area contributed by atoms with Crippen molar-refractivity contribution >= 4 is 57.8 Å². The summed E-state index contributed by atoms with van der Waals surface area (Å²) in [6, 6.07) is 18.3. The highest BCUT2D eigenvalue weighted by Gasteiger charge is 2.34. The molecule has 9 heteroatoms. The van der Waals surface area contributed by atoms with Crippen LogP contribution in [0.25, 0.3) is 6.08 Å². The van der Waals surface area contributed by atoms with Crippen molar-refractivity contribution in [3.63, 3.8) is 0 Å². The highest BCUT2D eigenvalue weighted by Crippen LogP contribution is 2.32. The van der Waals surface area contributed by atoms with Crippen molar-refractivity contribution in [2.24, 2.45) is 0 Å². The van der Waals surface area contributed by atoms with E-state index in [1.807, 2.05) is 13.0 Å². The summed E-state index contributed by atoms with van der Waals surface area (Å²) in [6.07, 6.45) is 1.68. The van der Waals surface area contributed by atoms with Crippen LogP contribution >= 0.6 is 35.6 Å². The van der Waals surface area contributed by atoms with Crippen molar-refractivity contribution in [3.8, 4) is 5.75 Å². The quantitative estimate of drug-likeness (QED) is 0.328. The van der Waals surface area contributed by atoms with Gasteiger partial charge in [-0.05, 0) is 78.3 Å². The number of nitrogens with zero attached hydrogens (tertiary/aromatic N) is 1. The van der Waals surface area contributed by atoms with Gasteiger partial charge in [0.25, 0.3) is 11.8 Å². The molecular weight excluding hydrogens is 495 g/mol. The zero-order valence-electron chi connectivity index (χ0n) is 17.9. The van der Waals surface area contributed by atoms with E-state index in [4.69, 9.17) is 28.6 Å². The number of thioether (sulfide) groups is 1. The molecule has 4 rings (SSSR count). The van der Waals surface area contributed by atoms with E-state index in [-0.39, 0.29) is 27.3 Å². The third-order valence-corrected chi connectivity index (χ3v) is 6.47. The molecule has 34 heavy (non-hydrogen) atoms. The zero-order chi connectivity index (χ0) is 24.2. The van der Waals surface area contributed by atoms with Gasteiger partial charge in [0.1, 0.15) is 18.2 Å². The number of thiocarbonyl (C=S) groups is 1. The van der Waals surface area contributed by atoms with Gasteiger partial charge in [-0.25, -0.2) is 4.39 Å². The van der Waals surface area contributed by atoms with Gasteiger partial charge in [0, 0.05) is 0 Å². The maximum absolute atomic E-state index is 13.1. The van der Waals surface area contributed by atoms with Gasteiger partial charge in [-0.2, -0.15) is 5.01 Å². The Morgan fingerprint density at radius 1 is 1.18 bits per heavy atom. The fourth-order valence-electron chi connectivity index (χ4n) is 3.12. The van der Waals surface area contributed by atoms with Gasteiger partial charge in [-0.3, -0.25) is 15.0 Å². The lowest BCUT2D eigenvalue weighted by Crippen LogP contribution is -2.44. The van der Waals surface area contributed by atoms with Gasteiger partial charge < -0.3 is 4.74 Å². The molecule has 1 fully saturated rings. The first kappa shape index (κ1) is 23.9. The maximum atomic E-state index is 13.1. The molecule has 1 heterocycles. The van der Waals surface area contributed by atoms with Gasteiger partial charge in [-0.1, -0.05) is 53.7 Å². The maximum Gasteiger partial charge on any atom is 0.285 e. The molecule has 5 nitrogen and oxygen atoms in total. The molecule has 1 aliphatic rings. The van der Waals surface area contributed by atoms with E-state index in [9.17, 15) is 14.0 Å². The number of hydrogen-bond acceptors (Lipinski definition) is 5. The van der Waals surface area contributed by atoms with Crippen molar-refractivity contribution in [2.75, 3.05) is 0 Å². The lowest BCUT2D eigenvalue weighted by Gasteiger charge is -2.16. The fraction of sp³-hybridized carbons (Fsp3) is 0.0800. The second-order valence-corrected chi connectivity index (χ2v) is 9.51. The van der Waals surface area contributed by atoms with E-state index in [0.717, 1.165) is 33.5 Å². The van der Waals surface area contributed by atoms with Crippen molar-refractivity contribution in [3.05, 3.63) is 105 Å². The molecule has 1 aliphatic heterocycles. The largest absolute Gasteiger partial charge is 0.489 e. The molecule has 3 aromatic rings. The highest BCUT2D eigenvalue weighted by atomic mass is 35.5. The molecule has 1 saturated heterocycles. The lowest BCUT2D eigenvalue weighted by molar-refractivity contribution is -0.123. The molecule has 172 valence electrons. The third kappa shape index (κ3) is 5.64. The van der Waals surface area contributed by atoms with Crippen LogP contribution < -0.4 is 10.2 Å². The Labute approximate surface area is 210 Å². The minimum absolute atomic E-state index is 0.205. The molecule has 0 aromatic heterocycles. The number of aryl methyl sites for hydroxylation is 1. The number of nitrogens with one attached hydrogen (secondary N) is 1. The predicted molar refractivity (Wildman–Crippen MR) is 136 cm³/mol. The van der Waals surface area contributed by atoms with E-state index in [1.165, 1.54) is 12.1 Å². The van der Waals surface area contributed by atoms with Crippen molar-refractivity contribution < 1.29 is 18.7 Å². The molecule has 0 atom stereocenters. The monoisotopic (exact) mass is 512 g/mol. The van der Waals surface area contributed by atoms with Crippen molar-refractivity contribution in [1.29, 1.82) is 0 Å². The summed E-state index contributed by atoms with van der Waals surface area (Å²) in [4.78, 5) is 25.9. The topological polar surface area (TPSA) is 58.6 Å². The van der Waals surface area contributed by atoms with Gasteiger partial charge in [0.2, 0.25) is 0 Å². The second kappa shape index (κ2) is 10.4. The highest BCUT2D eigenvalue weighted by molar-refractivity contribution is 8.26. The zero-order valence-corrected chi connectivity index (χ0v) is 20.3. The molecule has 1 N–H and O–H groups in total. The Morgan fingerprint density at radius 3 is 2.68 bits per heavy atom. The van der Waals surface area contributed by atoms with Gasteiger partial charge in [-0.15, -0.1) is 0 Å². The smallest absolute Gasteiger partial charge is 0.285 e. The Bertz CT molecular complexity index is 1310. The van der Waals surface area contributed by atoms with E-state index in [0.29, 0.717) is 10.7 Å². The second-order valence-electron chi connectivity index (χ2n) is 7.43. The molecule has 2 amide bonds. The molecule has 0 unspecified atom stereocenters. The van der Waals surface area contributed by atoms with Crippen LogP contribution in [-0.4, -0.2) is 21.1 Å². The summed E-state index contributed by atoms with van der Waals surface area (Å²) in [7, 11) is 0. The fourth-order valence-corrected chi connectivity index (χ4v) is 4.62. The number of hydrogen-bond donors (Lipinski definition) is 1. The number of amides is 2. The third-order valence-electron chi connectivity index (χ3n) is 4.85. The van der Waals surface area contributed by atoms with Crippen LogP contribution in [0.15, 0.2) is 71.6 Å². The number of carbonyl (C=O) groups excluding carboxylic acids is 2. The molecule has 0 radical (unpaired) electrons. The summed E-state index contributed by atoms with van der Waals surface area (Å²) in [5.74, 6) is -0.681. The van der Waals surface area contributed by atoms with Crippen LogP contribution in [0.2, 0.25) is 5.02 Å². The Hall–Kier alpha value is -3.20. The first-order chi connectivity index (χ1) is 16.3. The normalized spacial score (nSPS) is 14.6. The van der Waals surface area contributed by atoms with Crippen LogP contribution in [0.4, 0.5) is 4.39 Å². The lowest BCUT2D eigenvalue weighted by atomic mass is 10.1. The average Bonchev–Trinajstić information content (AvgIpc) is 3.06. The number of rotatable bonds is 6. The molecule has 0 saturated carbocycles. The van der Waals surface area contributed by atoms with Gasteiger partial charge in [0.15, 0.2) is 4.32 Å². The molecule has 0 spiro atoms. The number of carbonyl (C=O) groups is 2. The summed E-state index contributed by atoms with van der Waals surface area (Å²) in [5.41, 5.74) is 5.25. The van der Waals surface area contributed by atoms with Gasteiger partial charge >= 0.3 is 0 Å². The van der Waals surface area contributed by atoms with E-state index in [1.54, 1.807) is 54.6 Å². The number of hydrazine groups is 1. The summed E-state index contributed by atoms with van der Waals surface area (Å²) < 4.78 is 19.0. The first-order valence-electron chi connectivity index (χ1n) is 10.1. The van der Waals surface area contributed by atoms with Crippen LogP contribution in [-0.2, 0) is 11.4 Å². The van der Waals surface area contributed by atoms with Crippen LogP contribution in [0.5, 0.6) is 5.75 Å².